The van der Waals surface area contributed by atoms with Crippen molar-refractivity contribution in [2.24, 2.45) is 5.92 Å². The average Bonchev–Trinajstić information content (AvgIpc) is 2.42. The molecule has 0 aliphatic carbocycles. The molecule has 130 valence electrons. The maximum Gasteiger partial charge on any atom is 0.412 e. The molecule has 5 heteroatoms. The van der Waals surface area contributed by atoms with Crippen LogP contribution in [0.2, 0.25) is 0 Å². The first-order chi connectivity index (χ1) is 10.8. The molecule has 0 atom stereocenters. The fraction of sp³-hybridized carbons (Fsp3) is 0.611. The Morgan fingerprint density at radius 3 is 2.39 bits per heavy atom. The van der Waals surface area contributed by atoms with Crippen molar-refractivity contribution in [2.75, 3.05) is 25.0 Å². The highest BCUT2D eigenvalue weighted by Gasteiger charge is 2.15. The Kier molecular flexibility index (Phi) is 8.06. The Labute approximate surface area is 139 Å². The molecule has 0 unspecified atom stereocenters. The molecule has 0 aliphatic rings. The van der Waals surface area contributed by atoms with Crippen LogP contribution in [0.15, 0.2) is 24.3 Å². The van der Waals surface area contributed by atoms with E-state index in [1.54, 1.807) is 0 Å². The van der Waals surface area contributed by atoms with Gasteiger partial charge in [0.05, 0.1) is 13.2 Å². The summed E-state index contributed by atoms with van der Waals surface area (Å²) < 4.78 is 10.8. The third-order valence-electron chi connectivity index (χ3n) is 2.84. The van der Waals surface area contributed by atoms with E-state index in [-0.39, 0.29) is 0 Å². The van der Waals surface area contributed by atoms with Gasteiger partial charge in [-0.2, -0.15) is 0 Å². The predicted octanol–water partition coefficient (Wildman–Crippen LogP) is 3.80. The molecule has 1 amide bonds. The summed E-state index contributed by atoms with van der Waals surface area (Å²) in [6.07, 6.45) is -0.447. The second-order valence-electron chi connectivity index (χ2n) is 6.97. The van der Waals surface area contributed by atoms with Crippen LogP contribution in [0.5, 0.6) is 0 Å². The van der Waals surface area contributed by atoms with Crippen molar-refractivity contribution in [1.29, 1.82) is 0 Å². The second-order valence-corrected chi connectivity index (χ2v) is 6.97. The fourth-order valence-electron chi connectivity index (χ4n) is 1.83. The van der Waals surface area contributed by atoms with Gasteiger partial charge < -0.3 is 14.8 Å². The normalized spacial score (nSPS) is 11.6. The molecule has 0 spiro atoms. The van der Waals surface area contributed by atoms with Crippen LogP contribution in [-0.2, 0) is 16.1 Å². The number of ether oxygens (including phenoxy) is 2. The molecule has 0 aromatic heterocycles. The van der Waals surface area contributed by atoms with Gasteiger partial charge in [-0.25, -0.2) is 4.79 Å². The maximum atomic E-state index is 11.7. The van der Waals surface area contributed by atoms with Crippen LogP contribution in [0.25, 0.3) is 0 Å². The number of anilines is 1. The van der Waals surface area contributed by atoms with Crippen LogP contribution in [0, 0.1) is 5.92 Å². The van der Waals surface area contributed by atoms with Gasteiger partial charge in [0.25, 0.3) is 0 Å². The van der Waals surface area contributed by atoms with E-state index in [0.29, 0.717) is 24.8 Å². The number of amides is 1. The van der Waals surface area contributed by atoms with E-state index in [0.717, 1.165) is 18.7 Å². The molecule has 0 radical (unpaired) electrons. The van der Waals surface area contributed by atoms with Gasteiger partial charge in [0, 0.05) is 12.2 Å². The van der Waals surface area contributed by atoms with Gasteiger partial charge in [0.1, 0.15) is 5.60 Å². The topological polar surface area (TPSA) is 59.6 Å². The zero-order valence-electron chi connectivity index (χ0n) is 14.9. The predicted molar refractivity (Wildman–Crippen MR) is 93.7 cm³/mol. The summed E-state index contributed by atoms with van der Waals surface area (Å²) in [4.78, 5) is 11.7. The van der Waals surface area contributed by atoms with Crippen LogP contribution in [-0.4, -0.2) is 31.4 Å². The molecule has 0 saturated carbocycles. The van der Waals surface area contributed by atoms with Gasteiger partial charge in [-0.1, -0.05) is 26.0 Å². The molecular formula is C18H30N2O3. The lowest BCUT2D eigenvalue weighted by Crippen LogP contribution is -2.27. The molecular weight excluding hydrogens is 292 g/mol. The van der Waals surface area contributed by atoms with Crippen molar-refractivity contribution in [3.05, 3.63) is 29.8 Å². The molecule has 0 bridgehead atoms. The first-order valence-electron chi connectivity index (χ1n) is 8.13. The monoisotopic (exact) mass is 322 g/mol. The molecule has 1 rings (SSSR count). The molecule has 0 fully saturated rings. The van der Waals surface area contributed by atoms with E-state index in [1.807, 2.05) is 45.0 Å². The van der Waals surface area contributed by atoms with E-state index < -0.39 is 11.7 Å². The van der Waals surface area contributed by atoms with Gasteiger partial charge in [0.15, 0.2) is 0 Å². The molecule has 2 N–H and O–H groups in total. The van der Waals surface area contributed by atoms with Crippen LogP contribution in [0.4, 0.5) is 10.5 Å². The van der Waals surface area contributed by atoms with Crippen molar-refractivity contribution in [3.63, 3.8) is 0 Å². The fourth-order valence-corrected chi connectivity index (χ4v) is 1.83. The highest BCUT2D eigenvalue weighted by atomic mass is 16.6. The second kappa shape index (κ2) is 9.53. The third-order valence-corrected chi connectivity index (χ3v) is 2.84. The van der Waals surface area contributed by atoms with Crippen molar-refractivity contribution in [1.82, 2.24) is 5.32 Å². The standard InChI is InChI=1S/C18H30N2O3/c1-14(2)12-19-10-11-22-13-15-6-8-16(9-7-15)20-17(21)23-18(3,4)5/h6-9,14,19H,10-13H2,1-5H3,(H,20,21). The van der Waals surface area contributed by atoms with E-state index in [4.69, 9.17) is 9.47 Å². The van der Waals surface area contributed by atoms with Crippen LogP contribution < -0.4 is 10.6 Å². The van der Waals surface area contributed by atoms with Gasteiger partial charge in [-0.05, 0) is 50.9 Å². The van der Waals surface area contributed by atoms with Gasteiger partial charge in [-0.3, -0.25) is 5.32 Å². The summed E-state index contributed by atoms with van der Waals surface area (Å²) in [5, 5.41) is 6.04. The van der Waals surface area contributed by atoms with Crippen LogP contribution in [0.1, 0.15) is 40.2 Å². The minimum atomic E-state index is -0.499. The molecule has 1 aromatic carbocycles. The Morgan fingerprint density at radius 1 is 1.17 bits per heavy atom. The zero-order chi connectivity index (χ0) is 17.3. The zero-order valence-corrected chi connectivity index (χ0v) is 14.9. The van der Waals surface area contributed by atoms with Crippen molar-refractivity contribution >= 4 is 11.8 Å². The number of rotatable bonds is 8. The van der Waals surface area contributed by atoms with Gasteiger partial charge >= 0.3 is 6.09 Å². The van der Waals surface area contributed by atoms with Crippen molar-refractivity contribution < 1.29 is 14.3 Å². The Hall–Kier alpha value is -1.59. The molecule has 0 saturated heterocycles. The summed E-state index contributed by atoms with van der Waals surface area (Å²) in [7, 11) is 0. The SMILES string of the molecule is CC(C)CNCCOCc1ccc(NC(=O)OC(C)(C)C)cc1. The molecule has 0 heterocycles. The van der Waals surface area contributed by atoms with E-state index in [2.05, 4.69) is 24.5 Å². The number of nitrogens with one attached hydrogen (secondary N) is 2. The van der Waals surface area contributed by atoms with Crippen molar-refractivity contribution in [3.8, 4) is 0 Å². The summed E-state index contributed by atoms with van der Waals surface area (Å²) >= 11 is 0. The Balaban J connectivity index is 2.27. The summed E-state index contributed by atoms with van der Waals surface area (Å²) in [6, 6.07) is 7.57. The van der Waals surface area contributed by atoms with Crippen LogP contribution in [0.3, 0.4) is 0 Å². The number of carbonyl (C=O) groups excluding carboxylic acids is 1. The first kappa shape index (κ1) is 19.5. The maximum absolute atomic E-state index is 11.7. The largest absolute Gasteiger partial charge is 0.444 e. The number of benzene rings is 1. The smallest absolute Gasteiger partial charge is 0.412 e. The summed E-state index contributed by atoms with van der Waals surface area (Å²) in [5.41, 5.74) is 1.28. The highest BCUT2D eigenvalue weighted by Crippen LogP contribution is 2.13. The molecule has 5 nitrogen and oxygen atoms in total. The average molecular weight is 322 g/mol. The highest BCUT2D eigenvalue weighted by molar-refractivity contribution is 5.84. The Bertz CT molecular complexity index is 464. The van der Waals surface area contributed by atoms with E-state index in [9.17, 15) is 4.79 Å². The number of hydrogen-bond acceptors (Lipinski definition) is 4. The first-order valence-corrected chi connectivity index (χ1v) is 8.13. The number of hydrogen-bond donors (Lipinski definition) is 2. The van der Waals surface area contributed by atoms with Crippen LogP contribution >= 0.6 is 0 Å². The molecule has 23 heavy (non-hydrogen) atoms. The van der Waals surface area contributed by atoms with E-state index in [1.165, 1.54) is 0 Å². The lowest BCUT2D eigenvalue weighted by atomic mass is 10.2. The summed E-state index contributed by atoms with van der Waals surface area (Å²) in [6.45, 7) is 13.0. The minimum absolute atomic E-state index is 0.447. The third kappa shape index (κ3) is 9.92. The van der Waals surface area contributed by atoms with E-state index >= 15 is 0 Å². The minimum Gasteiger partial charge on any atom is -0.444 e. The van der Waals surface area contributed by atoms with Crippen molar-refractivity contribution in [2.45, 2.75) is 46.8 Å². The quantitative estimate of drug-likeness (QED) is 0.715. The molecule has 0 aliphatic heterocycles. The number of carbonyl (C=O) groups is 1. The van der Waals surface area contributed by atoms with Gasteiger partial charge in [0.2, 0.25) is 0 Å². The Morgan fingerprint density at radius 2 is 1.83 bits per heavy atom. The van der Waals surface area contributed by atoms with Gasteiger partial charge in [-0.15, -0.1) is 0 Å². The lowest BCUT2D eigenvalue weighted by molar-refractivity contribution is 0.0636. The lowest BCUT2D eigenvalue weighted by Gasteiger charge is -2.19. The molecule has 1 aromatic rings. The summed E-state index contributed by atoms with van der Waals surface area (Å²) in [5.74, 6) is 0.653.